The van der Waals surface area contributed by atoms with Crippen molar-refractivity contribution in [3.63, 3.8) is 0 Å². The average molecular weight is 343 g/mol. The summed E-state index contributed by atoms with van der Waals surface area (Å²) in [6.45, 7) is 3.16. The maximum absolute atomic E-state index is 8.74. The molecule has 1 rings (SSSR count). The van der Waals surface area contributed by atoms with Crippen molar-refractivity contribution in [1.82, 2.24) is 5.32 Å². The highest BCUT2D eigenvalue weighted by atomic mass is 79.9. The standard InChI is InChI=1S/C9H13Br2NOS/c1-6(2-3-13)12-5-8-7(10)4-9(11)14-8/h4,6,12-13H,2-3,5H2,1H3. The summed E-state index contributed by atoms with van der Waals surface area (Å²) in [7, 11) is 0. The van der Waals surface area contributed by atoms with E-state index >= 15 is 0 Å². The Morgan fingerprint density at radius 3 is 2.79 bits per heavy atom. The molecular weight excluding hydrogens is 330 g/mol. The van der Waals surface area contributed by atoms with E-state index in [2.05, 4.69) is 50.2 Å². The van der Waals surface area contributed by atoms with Crippen molar-refractivity contribution in [3.8, 4) is 0 Å². The fourth-order valence-electron chi connectivity index (χ4n) is 1.06. The van der Waals surface area contributed by atoms with E-state index in [1.165, 1.54) is 4.88 Å². The van der Waals surface area contributed by atoms with Gasteiger partial charge in [-0.3, -0.25) is 0 Å². The van der Waals surface area contributed by atoms with Crippen LogP contribution in [-0.2, 0) is 6.54 Å². The molecule has 80 valence electrons. The number of nitrogens with one attached hydrogen (secondary N) is 1. The van der Waals surface area contributed by atoms with Gasteiger partial charge in [-0.25, -0.2) is 0 Å². The van der Waals surface area contributed by atoms with Crippen molar-refractivity contribution in [2.24, 2.45) is 0 Å². The van der Waals surface area contributed by atoms with E-state index in [1.807, 2.05) is 0 Å². The first kappa shape index (κ1) is 12.6. The first-order chi connectivity index (χ1) is 6.63. The number of aliphatic hydroxyl groups is 1. The molecule has 1 aromatic heterocycles. The molecule has 1 unspecified atom stereocenters. The van der Waals surface area contributed by atoms with Crippen LogP contribution in [-0.4, -0.2) is 17.8 Å². The van der Waals surface area contributed by atoms with Crippen molar-refractivity contribution in [2.45, 2.75) is 25.9 Å². The number of rotatable bonds is 5. The van der Waals surface area contributed by atoms with Gasteiger partial charge in [0, 0.05) is 28.5 Å². The lowest BCUT2D eigenvalue weighted by molar-refractivity contribution is 0.269. The van der Waals surface area contributed by atoms with Gasteiger partial charge in [-0.1, -0.05) is 0 Å². The van der Waals surface area contributed by atoms with E-state index in [4.69, 9.17) is 5.11 Å². The molecule has 1 atom stereocenters. The second-order valence-electron chi connectivity index (χ2n) is 3.12. The van der Waals surface area contributed by atoms with Gasteiger partial charge < -0.3 is 10.4 Å². The summed E-state index contributed by atoms with van der Waals surface area (Å²) in [6.07, 6.45) is 0.796. The first-order valence-electron chi connectivity index (χ1n) is 4.41. The van der Waals surface area contributed by atoms with E-state index in [1.54, 1.807) is 11.3 Å². The van der Waals surface area contributed by atoms with Gasteiger partial charge >= 0.3 is 0 Å². The molecule has 0 aliphatic heterocycles. The van der Waals surface area contributed by atoms with Gasteiger partial charge in [-0.2, -0.15) is 0 Å². The van der Waals surface area contributed by atoms with Gasteiger partial charge in [0.15, 0.2) is 0 Å². The third kappa shape index (κ3) is 3.98. The molecule has 0 aliphatic carbocycles. The Bertz CT molecular complexity index is 290. The zero-order valence-electron chi connectivity index (χ0n) is 7.89. The second kappa shape index (κ2) is 6.23. The number of halogens is 2. The third-order valence-corrected chi connectivity index (χ3v) is 4.51. The Kier molecular flexibility index (Phi) is 5.62. The highest BCUT2D eigenvalue weighted by Crippen LogP contribution is 2.31. The van der Waals surface area contributed by atoms with Crippen LogP contribution in [0, 0.1) is 0 Å². The van der Waals surface area contributed by atoms with Crippen LogP contribution in [0.3, 0.4) is 0 Å². The van der Waals surface area contributed by atoms with E-state index in [0.29, 0.717) is 6.04 Å². The van der Waals surface area contributed by atoms with Crippen LogP contribution in [0.15, 0.2) is 14.3 Å². The Labute approximate surface area is 105 Å². The lowest BCUT2D eigenvalue weighted by Crippen LogP contribution is -2.26. The third-order valence-electron chi connectivity index (χ3n) is 1.90. The lowest BCUT2D eigenvalue weighted by atomic mass is 10.2. The summed E-state index contributed by atoms with van der Waals surface area (Å²) in [4.78, 5) is 1.28. The molecule has 0 saturated heterocycles. The monoisotopic (exact) mass is 341 g/mol. The van der Waals surface area contributed by atoms with Crippen molar-refractivity contribution >= 4 is 43.2 Å². The van der Waals surface area contributed by atoms with Crippen molar-refractivity contribution in [2.75, 3.05) is 6.61 Å². The molecule has 0 aliphatic rings. The number of aliphatic hydroxyl groups excluding tert-OH is 1. The van der Waals surface area contributed by atoms with Crippen LogP contribution in [0.1, 0.15) is 18.2 Å². The molecule has 0 radical (unpaired) electrons. The van der Waals surface area contributed by atoms with Gasteiger partial charge in [0.05, 0.1) is 3.79 Å². The Morgan fingerprint density at radius 2 is 2.29 bits per heavy atom. The Morgan fingerprint density at radius 1 is 1.57 bits per heavy atom. The molecule has 0 saturated carbocycles. The van der Waals surface area contributed by atoms with Crippen LogP contribution in [0.2, 0.25) is 0 Å². The minimum Gasteiger partial charge on any atom is -0.396 e. The maximum Gasteiger partial charge on any atom is 0.0713 e. The SMILES string of the molecule is CC(CCO)NCc1sc(Br)cc1Br. The molecule has 5 heteroatoms. The normalized spacial score (nSPS) is 13.1. The number of hydrogen-bond acceptors (Lipinski definition) is 3. The van der Waals surface area contributed by atoms with E-state index in [-0.39, 0.29) is 6.61 Å². The topological polar surface area (TPSA) is 32.3 Å². The van der Waals surface area contributed by atoms with Crippen molar-refractivity contribution in [3.05, 3.63) is 19.2 Å². The van der Waals surface area contributed by atoms with Crippen molar-refractivity contribution in [1.29, 1.82) is 0 Å². The van der Waals surface area contributed by atoms with Crippen LogP contribution < -0.4 is 5.32 Å². The van der Waals surface area contributed by atoms with E-state index in [9.17, 15) is 0 Å². The summed E-state index contributed by atoms with van der Waals surface area (Å²) in [5, 5.41) is 12.1. The summed E-state index contributed by atoms with van der Waals surface area (Å²) < 4.78 is 2.27. The summed E-state index contributed by atoms with van der Waals surface area (Å²) in [6, 6.07) is 2.41. The minimum atomic E-state index is 0.240. The minimum absolute atomic E-state index is 0.240. The molecule has 1 heterocycles. The molecule has 0 aromatic carbocycles. The van der Waals surface area contributed by atoms with Crippen molar-refractivity contribution < 1.29 is 5.11 Å². The predicted octanol–water partition coefficient (Wildman–Crippen LogP) is 3.13. The summed E-state index contributed by atoms with van der Waals surface area (Å²) in [5.41, 5.74) is 0. The predicted molar refractivity (Wildman–Crippen MR) is 67.7 cm³/mol. The highest BCUT2D eigenvalue weighted by molar-refractivity contribution is 9.11. The second-order valence-corrected chi connectivity index (χ2v) is 6.49. The molecule has 0 bridgehead atoms. The zero-order chi connectivity index (χ0) is 10.6. The van der Waals surface area contributed by atoms with E-state index in [0.717, 1.165) is 21.2 Å². The Hall–Kier alpha value is 0.580. The average Bonchev–Trinajstić information content (AvgIpc) is 2.42. The fourth-order valence-corrected chi connectivity index (χ4v) is 3.67. The number of thiophene rings is 1. The van der Waals surface area contributed by atoms with Crippen LogP contribution in [0.5, 0.6) is 0 Å². The molecular formula is C9H13Br2NOS. The molecule has 2 nitrogen and oxygen atoms in total. The van der Waals surface area contributed by atoms with Crippen LogP contribution in [0.4, 0.5) is 0 Å². The molecule has 1 aromatic rings. The van der Waals surface area contributed by atoms with Gasteiger partial charge in [0.2, 0.25) is 0 Å². The molecule has 2 N–H and O–H groups in total. The summed E-state index contributed by atoms with van der Waals surface area (Å²) >= 11 is 8.66. The van der Waals surface area contributed by atoms with E-state index < -0.39 is 0 Å². The lowest BCUT2D eigenvalue weighted by Gasteiger charge is -2.11. The quantitative estimate of drug-likeness (QED) is 0.861. The van der Waals surface area contributed by atoms with Crippen LogP contribution in [0.25, 0.3) is 0 Å². The first-order valence-corrected chi connectivity index (χ1v) is 6.81. The zero-order valence-corrected chi connectivity index (χ0v) is 11.9. The summed E-state index contributed by atoms with van der Waals surface area (Å²) in [5.74, 6) is 0. The molecule has 0 fully saturated rings. The van der Waals surface area contributed by atoms with Gasteiger partial charge in [0.1, 0.15) is 0 Å². The molecule has 0 amide bonds. The van der Waals surface area contributed by atoms with Gasteiger partial charge in [-0.15, -0.1) is 11.3 Å². The Balaban J connectivity index is 2.41. The molecule has 0 spiro atoms. The smallest absolute Gasteiger partial charge is 0.0713 e. The van der Waals surface area contributed by atoms with Gasteiger partial charge in [0.25, 0.3) is 0 Å². The largest absolute Gasteiger partial charge is 0.396 e. The molecule has 14 heavy (non-hydrogen) atoms. The number of hydrogen-bond donors (Lipinski definition) is 2. The van der Waals surface area contributed by atoms with Crippen LogP contribution >= 0.6 is 43.2 Å². The maximum atomic E-state index is 8.74. The fraction of sp³-hybridized carbons (Fsp3) is 0.556. The highest BCUT2D eigenvalue weighted by Gasteiger charge is 2.06. The van der Waals surface area contributed by atoms with Gasteiger partial charge in [-0.05, 0) is 51.3 Å².